The van der Waals surface area contributed by atoms with E-state index in [1.807, 2.05) is 18.2 Å². The summed E-state index contributed by atoms with van der Waals surface area (Å²) in [6, 6.07) is 6.09. The van der Waals surface area contributed by atoms with Gasteiger partial charge in [0.05, 0.1) is 14.2 Å². The van der Waals surface area contributed by atoms with Crippen LogP contribution in [0.4, 0.5) is 0 Å². The molecule has 0 heterocycles. The SMILES string of the molecule is COC1=CC(C)(C)C=c2ccc(OC)cc2=C1. The molecule has 90 valence electrons. The van der Waals surface area contributed by atoms with E-state index in [0.29, 0.717) is 0 Å². The second-order valence-electron chi connectivity index (χ2n) is 4.86. The molecule has 2 heteroatoms. The second-order valence-corrected chi connectivity index (χ2v) is 4.86. The van der Waals surface area contributed by atoms with Crippen LogP contribution in [0, 0.1) is 5.41 Å². The predicted octanol–water partition coefficient (Wildman–Crippen LogP) is 1.83. The number of allylic oxidation sites excluding steroid dienone is 2. The Balaban J connectivity index is 2.71. The summed E-state index contributed by atoms with van der Waals surface area (Å²) in [5, 5.41) is 2.34. The van der Waals surface area contributed by atoms with Gasteiger partial charge in [-0.05, 0) is 34.7 Å². The molecule has 2 nitrogen and oxygen atoms in total. The summed E-state index contributed by atoms with van der Waals surface area (Å²) in [5.74, 6) is 1.75. The lowest BCUT2D eigenvalue weighted by molar-refractivity contribution is 0.308. The van der Waals surface area contributed by atoms with Crippen LogP contribution in [0.25, 0.3) is 12.2 Å². The molecule has 0 saturated heterocycles. The van der Waals surface area contributed by atoms with Crippen LogP contribution in [-0.2, 0) is 4.74 Å². The van der Waals surface area contributed by atoms with E-state index in [1.54, 1.807) is 14.2 Å². The van der Waals surface area contributed by atoms with Gasteiger partial charge in [-0.25, -0.2) is 0 Å². The highest BCUT2D eigenvalue weighted by atomic mass is 16.5. The molecule has 1 aliphatic carbocycles. The average Bonchev–Trinajstić information content (AvgIpc) is 2.42. The van der Waals surface area contributed by atoms with Crippen LogP contribution in [0.3, 0.4) is 0 Å². The topological polar surface area (TPSA) is 18.5 Å². The molecule has 1 aromatic carbocycles. The molecule has 0 aromatic heterocycles. The van der Waals surface area contributed by atoms with Crippen molar-refractivity contribution in [2.24, 2.45) is 5.41 Å². The van der Waals surface area contributed by atoms with E-state index in [4.69, 9.17) is 9.47 Å². The number of hydrogen-bond donors (Lipinski definition) is 0. The first kappa shape index (κ1) is 11.8. The van der Waals surface area contributed by atoms with Gasteiger partial charge >= 0.3 is 0 Å². The van der Waals surface area contributed by atoms with Gasteiger partial charge in [-0.15, -0.1) is 0 Å². The predicted molar refractivity (Wildman–Crippen MR) is 70.0 cm³/mol. The largest absolute Gasteiger partial charge is 0.497 e. The van der Waals surface area contributed by atoms with Gasteiger partial charge in [-0.3, -0.25) is 0 Å². The molecule has 1 aliphatic rings. The Bertz CT molecular complexity index is 565. The molecule has 0 unspecified atom stereocenters. The lowest BCUT2D eigenvalue weighted by Crippen LogP contribution is -2.25. The molecule has 0 saturated carbocycles. The summed E-state index contributed by atoms with van der Waals surface area (Å²) in [5.41, 5.74) is -0.0122. The maximum atomic E-state index is 5.38. The molecule has 1 aromatic rings. The van der Waals surface area contributed by atoms with E-state index >= 15 is 0 Å². The summed E-state index contributed by atoms with van der Waals surface area (Å²) in [6.45, 7) is 4.33. The first-order chi connectivity index (χ1) is 8.04. The van der Waals surface area contributed by atoms with Crippen molar-refractivity contribution in [1.82, 2.24) is 0 Å². The quantitative estimate of drug-likeness (QED) is 0.771. The normalized spacial score (nSPS) is 16.8. The Morgan fingerprint density at radius 2 is 1.71 bits per heavy atom. The summed E-state index contributed by atoms with van der Waals surface area (Å²) < 4.78 is 10.6. The number of fused-ring (bicyclic) bond motifs is 1. The number of benzene rings is 1. The van der Waals surface area contributed by atoms with Crippen molar-refractivity contribution in [3.8, 4) is 5.75 Å². The van der Waals surface area contributed by atoms with Gasteiger partial charge in [0.25, 0.3) is 0 Å². The molecule has 2 rings (SSSR count). The van der Waals surface area contributed by atoms with Crippen LogP contribution in [-0.4, -0.2) is 14.2 Å². The Kier molecular flexibility index (Phi) is 2.97. The highest BCUT2D eigenvalue weighted by Gasteiger charge is 2.14. The molecule has 17 heavy (non-hydrogen) atoms. The summed E-state index contributed by atoms with van der Waals surface area (Å²) in [7, 11) is 3.38. The molecule has 0 atom stereocenters. The lowest BCUT2D eigenvalue weighted by Gasteiger charge is -2.14. The van der Waals surface area contributed by atoms with Crippen molar-refractivity contribution in [3.05, 3.63) is 40.5 Å². The summed E-state index contributed by atoms with van der Waals surface area (Å²) in [6.07, 6.45) is 6.41. The van der Waals surface area contributed by atoms with Crippen LogP contribution < -0.4 is 15.2 Å². The number of hydrogen-bond acceptors (Lipinski definition) is 2. The maximum absolute atomic E-state index is 5.38. The molecule has 0 aliphatic heterocycles. The molecule has 0 radical (unpaired) electrons. The van der Waals surface area contributed by atoms with E-state index in [1.165, 1.54) is 5.22 Å². The van der Waals surface area contributed by atoms with Gasteiger partial charge in [-0.1, -0.05) is 26.0 Å². The molecule has 0 N–H and O–H groups in total. The maximum Gasteiger partial charge on any atom is 0.119 e. The molecule has 0 spiro atoms. The Morgan fingerprint density at radius 1 is 0.941 bits per heavy atom. The Morgan fingerprint density at radius 3 is 2.35 bits per heavy atom. The van der Waals surface area contributed by atoms with Crippen molar-refractivity contribution in [3.63, 3.8) is 0 Å². The second kappa shape index (κ2) is 4.28. The zero-order valence-electron chi connectivity index (χ0n) is 10.8. The van der Waals surface area contributed by atoms with Crippen LogP contribution in [0.2, 0.25) is 0 Å². The highest BCUT2D eigenvalue weighted by molar-refractivity contribution is 5.52. The minimum absolute atomic E-state index is 0.0122. The highest BCUT2D eigenvalue weighted by Crippen LogP contribution is 2.23. The van der Waals surface area contributed by atoms with Gasteiger partial charge in [0.1, 0.15) is 11.5 Å². The van der Waals surface area contributed by atoms with Crippen LogP contribution in [0.15, 0.2) is 30.0 Å². The fourth-order valence-corrected chi connectivity index (χ4v) is 2.06. The van der Waals surface area contributed by atoms with Crippen molar-refractivity contribution < 1.29 is 9.47 Å². The molecule has 0 bridgehead atoms. The van der Waals surface area contributed by atoms with Gasteiger partial charge < -0.3 is 9.47 Å². The minimum Gasteiger partial charge on any atom is -0.497 e. The van der Waals surface area contributed by atoms with Gasteiger partial charge in [0.15, 0.2) is 0 Å². The van der Waals surface area contributed by atoms with E-state index in [2.05, 4.69) is 32.1 Å². The fourth-order valence-electron chi connectivity index (χ4n) is 2.06. The van der Waals surface area contributed by atoms with Crippen LogP contribution in [0.5, 0.6) is 5.75 Å². The van der Waals surface area contributed by atoms with E-state index in [-0.39, 0.29) is 5.41 Å². The molecule has 0 fully saturated rings. The van der Waals surface area contributed by atoms with E-state index in [0.717, 1.165) is 16.7 Å². The minimum atomic E-state index is -0.0122. The Hall–Kier alpha value is -1.70. The molecule has 0 amide bonds. The van der Waals surface area contributed by atoms with Gasteiger partial charge in [-0.2, -0.15) is 0 Å². The van der Waals surface area contributed by atoms with Crippen molar-refractivity contribution >= 4 is 12.2 Å². The van der Waals surface area contributed by atoms with Crippen molar-refractivity contribution in [2.75, 3.05) is 14.2 Å². The van der Waals surface area contributed by atoms with Crippen molar-refractivity contribution in [2.45, 2.75) is 13.8 Å². The average molecular weight is 230 g/mol. The standard InChI is InChI=1S/C15H18O2/c1-15(2)9-11-5-6-13(16-3)7-12(11)8-14(10-15)17-4/h5-10H,1-4H3. The van der Waals surface area contributed by atoms with E-state index in [9.17, 15) is 0 Å². The number of methoxy groups -OCH3 is 2. The lowest BCUT2D eigenvalue weighted by atomic mass is 9.92. The van der Waals surface area contributed by atoms with Gasteiger partial charge in [0.2, 0.25) is 0 Å². The van der Waals surface area contributed by atoms with E-state index < -0.39 is 0 Å². The third kappa shape index (κ3) is 2.52. The zero-order valence-corrected chi connectivity index (χ0v) is 10.8. The molecular weight excluding hydrogens is 212 g/mol. The molecular formula is C15H18O2. The monoisotopic (exact) mass is 230 g/mol. The first-order valence-corrected chi connectivity index (χ1v) is 5.69. The summed E-state index contributed by atoms with van der Waals surface area (Å²) >= 11 is 0. The third-order valence-electron chi connectivity index (χ3n) is 2.87. The third-order valence-corrected chi connectivity index (χ3v) is 2.87. The Labute approximate surface area is 102 Å². The van der Waals surface area contributed by atoms with Gasteiger partial charge in [0, 0.05) is 5.41 Å². The fraction of sp³-hybridized carbons (Fsp3) is 0.333. The van der Waals surface area contributed by atoms with Crippen LogP contribution >= 0.6 is 0 Å². The first-order valence-electron chi connectivity index (χ1n) is 5.69. The smallest absolute Gasteiger partial charge is 0.119 e. The number of rotatable bonds is 2. The summed E-state index contributed by atoms with van der Waals surface area (Å²) in [4.78, 5) is 0. The van der Waals surface area contributed by atoms with Crippen LogP contribution in [0.1, 0.15) is 13.8 Å². The zero-order chi connectivity index (χ0) is 12.5. The number of ether oxygens (including phenoxy) is 2. The van der Waals surface area contributed by atoms with Crippen molar-refractivity contribution in [1.29, 1.82) is 0 Å².